The second-order valence-electron chi connectivity index (χ2n) is 8.94. The molecule has 0 saturated heterocycles. The van der Waals surface area contributed by atoms with Crippen molar-refractivity contribution in [3.05, 3.63) is 121 Å². The summed E-state index contributed by atoms with van der Waals surface area (Å²) >= 11 is 0. The monoisotopic (exact) mass is 426 g/mol. The zero-order valence-electron chi connectivity index (χ0n) is 18.9. The fraction of sp³-hybridized carbons (Fsp3) is 0.0968. The van der Waals surface area contributed by atoms with E-state index in [1.807, 2.05) is 0 Å². The van der Waals surface area contributed by atoms with E-state index in [0.717, 1.165) is 0 Å². The molecule has 0 fully saturated rings. The van der Waals surface area contributed by atoms with Gasteiger partial charge in [0, 0.05) is 36.4 Å². The van der Waals surface area contributed by atoms with Gasteiger partial charge in [-0.05, 0) is 46.9 Å². The van der Waals surface area contributed by atoms with Crippen molar-refractivity contribution in [1.82, 2.24) is 0 Å². The van der Waals surface area contributed by atoms with Crippen LogP contribution in [0, 0.1) is 0 Å². The minimum Gasteiger partial charge on any atom is -0.159 e. The maximum Gasteiger partial charge on any atom is 0.225 e. The van der Waals surface area contributed by atoms with Gasteiger partial charge < -0.3 is 0 Å². The number of benzene rings is 3. The molecule has 2 heteroatoms. The molecule has 0 atom stereocenters. The Hall–Kier alpha value is -4.04. The van der Waals surface area contributed by atoms with E-state index in [0.29, 0.717) is 5.92 Å². The quantitative estimate of drug-likeness (QED) is 0.273. The van der Waals surface area contributed by atoms with Gasteiger partial charge in [-0.2, -0.15) is 9.13 Å². The third kappa shape index (κ3) is 3.27. The highest BCUT2D eigenvalue weighted by Gasteiger charge is 2.33. The molecular formula is C31H26N2+2. The lowest BCUT2D eigenvalue weighted by Crippen LogP contribution is -2.41. The standard InChI is InChI=1S/C31H26N2/c1-22(2)24-17-19-33-29-13-7-6-12-26(29)28-14-8-9-18-32(28)30-16-15-25(20-27(30)31(33)21-24)23-10-4-3-5-11-23/h3-22H,1-2H3/q+2. The summed E-state index contributed by atoms with van der Waals surface area (Å²) in [7, 11) is 0. The molecule has 0 unspecified atom stereocenters. The summed E-state index contributed by atoms with van der Waals surface area (Å²) in [5.74, 6) is 0.456. The number of hydrogen-bond donors (Lipinski definition) is 0. The number of hydrogen-bond acceptors (Lipinski definition) is 0. The van der Waals surface area contributed by atoms with Crippen LogP contribution in [0.1, 0.15) is 25.3 Å². The zero-order chi connectivity index (χ0) is 22.4. The maximum absolute atomic E-state index is 2.36. The molecule has 0 aliphatic carbocycles. The Balaban J connectivity index is 1.74. The first kappa shape index (κ1) is 19.6. The predicted molar refractivity (Wildman–Crippen MR) is 133 cm³/mol. The van der Waals surface area contributed by atoms with Crippen LogP contribution in [-0.2, 0) is 0 Å². The van der Waals surface area contributed by atoms with Gasteiger partial charge in [0.05, 0.1) is 0 Å². The van der Waals surface area contributed by atoms with Gasteiger partial charge in [-0.25, -0.2) is 0 Å². The highest BCUT2D eigenvalue weighted by Crippen LogP contribution is 2.34. The van der Waals surface area contributed by atoms with Crippen molar-refractivity contribution >= 4 is 0 Å². The van der Waals surface area contributed by atoms with Crippen LogP contribution >= 0.6 is 0 Å². The second kappa shape index (κ2) is 7.83. The molecule has 5 aromatic rings. The molecule has 0 amide bonds. The van der Waals surface area contributed by atoms with Gasteiger partial charge >= 0.3 is 0 Å². The maximum atomic E-state index is 2.36. The molecule has 2 aromatic heterocycles. The smallest absolute Gasteiger partial charge is 0.159 e. The van der Waals surface area contributed by atoms with Gasteiger partial charge in [-0.3, -0.25) is 0 Å². The Morgan fingerprint density at radius 2 is 1.24 bits per heavy atom. The van der Waals surface area contributed by atoms with Crippen LogP contribution in [0.4, 0.5) is 0 Å². The third-order valence-corrected chi connectivity index (χ3v) is 6.58. The summed E-state index contributed by atoms with van der Waals surface area (Å²) in [6, 6.07) is 37.2. The predicted octanol–water partition coefficient (Wildman–Crippen LogP) is 6.68. The molecular weight excluding hydrogens is 400 g/mol. The molecule has 0 saturated carbocycles. The second-order valence-corrected chi connectivity index (χ2v) is 8.94. The van der Waals surface area contributed by atoms with E-state index in [1.54, 1.807) is 0 Å². The fourth-order valence-corrected chi connectivity index (χ4v) is 4.83. The molecule has 0 radical (unpaired) electrons. The normalized spacial score (nSPS) is 11.6. The summed E-state index contributed by atoms with van der Waals surface area (Å²) in [5, 5.41) is 0. The van der Waals surface area contributed by atoms with Crippen LogP contribution in [0.3, 0.4) is 0 Å². The molecule has 3 heterocycles. The first-order chi connectivity index (χ1) is 16.2. The minimum absolute atomic E-state index is 0.456. The van der Waals surface area contributed by atoms with Crippen molar-refractivity contribution in [3.63, 3.8) is 0 Å². The molecule has 1 aliphatic rings. The molecule has 158 valence electrons. The van der Waals surface area contributed by atoms with Crippen LogP contribution in [0.15, 0.2) is 116 Å². The van der Waals surface area contributed by atoms with E-state index >= 15 is 0 Å². The van der Waals surface area contributed by atoms with Gasteiger partial charge in [0.2, 0.25) is 22.8 Å². The van der Waals surface area contributed by atoms with Gasteiger partial charge in [-0.15, -0.1) is 0 Å². The number of nitrogens with zero attached hydrogens (tertiary/aromatic N) is 2. The Morgan fingerprint density at radius 3 is 2.09 bits per heavy atom. The summed E-state index contributed by atoms with van der Waals surface area (Å²) in [6.45, 7) is 4.52. The Bertz CT molecular complexity index is 1480. The van der Waals surface area contributed by atoms with Crippen molar-refractivity contribution in [2.75, 3.05) is 0 Å². The van der Waals surface area contributed by atoms with Crippen molar-refractivity contribution in [2.24, 2.45) is 0 Å². The number of pyridine rings is 2. The third-order valence-electron chi connectivity index (χ3n) is 6.58. The number of rotatable bonds is 2. The SMILES string of the molecule is CC(C)c1cc[n+]2c(c1)-c1cc(-c3ccccc3)ccc1-[n+]1ccccc1-c1ccccc1-2. The van der Waals surface area contributed by atoms with Crippen LogP contribution in [0.5, 0.6) is 0 Å². The van der Waals surface area contributed by atoms with Crippen molar-refractivity contribution < 1.29 is 9.13 Å². The lowest BCUT2D eigenvalue weighted by molar-refractivity contribution is -0.598. The Morgan fingerprint density at radius 1 is 0.515 bits per heavy atom. The molecule has 0 bridgehead atoms. The van der Waals surface area contributed by atoms with Crippen LogP contribution in [0.2, 0.25) is 0 Å². The zero-order valence-corrected chi connectivity index (χ0v) is 18.9. The summed E-state index contributed by atoms with van der Waals surface area (Å²) in [6.07, 6.45) is 4.41. The molecule has 0 spiro atoms. The average molecular weight is 427 g/mol. The van der Waals surface area contributed by atoms with E-state index in [2.05, 4.69) is 139 Å². The summed E-state index contributed by atoms with van der Waals surface area (Å²) in [5.41, 5.74) is 11.0. The van der Waals surface area contributed by atoms with Gasteiger partial charge in [-0.1, -0.05) is 56.3 Å². The van der Waals surface area contributed by atoms with Crippen LogP contribution < -0.4 is 9.13 Å². The average Bonchev–Trinajstić information content (AvgIpc) is 2.88. The van der Waals surface area contributed by atoms with Gasteiger partial charge in [0.1, 0.15) is 11.1 Å². The van der Waals surface area contributed by atoms with E-state index in [9.17, 15) is 0 Å². The summed E-state index contributed by atoms with van der Waals surface area (Å²) in [4.78, 5) is 0. The minimum atomic E-state index is 0.456. The molecule has 33 heavy (non-hydrogen) atoms. The number of aromatic nitrogens is 2. The molecule has 2 nitrogen and oxygen atoms in total. The van der Waals surface area contributed by atoms with Gasteiger partial charge in [0.15, 0.2) is 12.4 Å². The number of para-hydroxylation sites is 1. The number of fused-ring (bicyclic) bond motifs is 8. The van der Waals surface area contributed by atoms with Crippen molar-refractivity contribution in [3.8, 4) is 45.0 Å². The van der Waals surface area contributed by atoms with Gasteiger partial charge in [0.25, 0.3) is 0 Å². The summed E-state index contributed by atoms with van der Waals surface area (Å²) < 4.78 is 4.68. The lowest BCUT2D eigenvalue weighted by atomic mass is 9.95. The van der Waals surface area contributed by atoms with E-state index < -0.39 is 0 Å². The van der Waals surface area contributed by atoms with E-state index in [-0.39, 0.29) is 0 Å². The first-order valence-corrected chi connectivity index (χ1v) is 11.6. The molecule has 3 aromatic carbocycles. The van der Waals surface area contributed by atoms with E-state index in [4.69, 9.17) is 0 Å². The lowest BCUT2D eigenvalue weighted by Gasteiger charge is -2.16. The Labute approximate surface area is 195 Å². The largest absolute Gasteiger partial charge is 0.225 e. The molecule has 1 aliphatic heterocycles. The van der Waals surface area contributed by atoms with Crippen LogP contribution in [0.25, 0.3) is 45.0 Å². The van der Waals surface area contributed by atoms with Crippen molar-refractivity contribution in [2.45, 2.75) is 19.8 Å². The topological polar surface area (TPSA) is 7.76 Å². The molecule has 6 rings (SSSR count). The first-order valence-electron chi connectivity index (χ1n) is 11.6. The Kier molecular flexibility index (Phi) is 4.66. The highest BCUT2D eigenvalue weighted by atomic mass is 15.0. The molecule has 0 N–H and O–H groups in total. The van der Waals surface area contributed by atoms with Crippen molar-refractivity contribution in [1.29, 1.82) is 0 Å². The van der Waals surface area contributed by atoms with Crippen LogP contribution in [-0.4, -0.2) is 0 Å². The fourth-order valence-electron chi connectivity index (χ4n) is 4.83. The highest BCUT2D eigenvalue weighted by molar-refractivity contribution is 5.77. The van der Waals surface area contributed by atoms with E-state index in [1.165, 1.54) is 50.6 Å².